The van der Waals surface area contributed by atoms with E-state index in [1.54, 1.807) is 0 Å². The maximum Gasteiger partial charge on any atom is 0.338 e. The molecule has 2 atom stereocenters. The average Bonchev–Trinajstić information content (AvgIpc) is 3.30. The zero-order chi connectivity index (χ0) is 45.5. The molecule has 0 radical (unpaired) electrons. The Bertz CT molecular complexity index is 1970. The van der Waals surface area contributed by atoms with Crippen LogP contribution < -0.4 is 37.9 Å². The lowest BCUT2D eigenvalue weighted by molar-refractivity contribution is -0.0191. The van der Waals surface area contributed by atoms with Crippen molar-refractivity contribution in [3.63, 3.8) is 0 Å². The minimum Gasteiger partial charge on any atom is -0.502 e. The number of benzene rings is 4. The molecule has 0 unspecified atom stereocenters. The fourth-order valence-electron chi connectivity index (χ4n) is 6.96. The van der Waals surface area contributed by atoms with E-state index in [-0.39, 0.29) is 35.8 Å². The summed E-state index contributed by atoms with van der Waals surface area (Å²) in [5.41, 5.74) is 2.52. The summed E-state index contributed by atoms with van der Waals surface area (Å²) in [5, 5.41) is 11.3. The van der Waals surface area contributed by atoms with Crippen molar-refractivity contribution in [1.82, 2.24) is 0 Å². The predicted octanol–water partition coefficient (Wildman–Crippen LogP) is 12.9. The minimum atomic E-state index is -0.855. The summed E-state index contributed by atoms with van der Waals surface area (Å²) in [7, 11) is 0. The molecule has 350 valence electrons. The molecule has 1 heterocycles. The van der Waals surface area contributed by atoms with E-state index >= 15 is 0 Å². The van der Waals surface area contributed by atoms with Crippen LogP contribution in [0.1, 0.15) is 152 Å². The van der Waals surface area contributed by atoms with Crippen LogP contribution in [-0.2, 0) is 17.8 Å². The number of carbonyl (C=O) groups is 1. The number of fused-ring (bicyclic) bond motifs is 1. The van der Waals surface area contributed by atoms with Crippen LogP contribution in [0.3, 0.4) is 0 Å². The number of ether oxygens (including phenoxy) is 9. The van der Waals surface area contributed by atoms with Crippen molar-refractivity contribution < 1.29 is 52.5 Å². The van der Waals surface area contributed by atoms with Gasteiger partial charge in [-0.3, -0.25) is 0 Å². The van der Waals surface area contributed by atoms with Crippen LogP contribution in [0.25, 0.3) is 0 Å². The van der Waals surface area contributed by atoms with E-state index in [0.717, 1.165) is 88.2 Å². The van der Waals surface area contributed by atoms with E-state index in [0.29, 0.717) is 79.7 Å². The highest BCUT2D eigenvalue weighted by molar-refractivity contribution is 5.91. The van der Waals surface area contributed by atoms with Crippen molar-refractivity contribution in [2.24, 2.45) is 0 Å². The maximum absolute atomic E-state index is 14.6. The average molecular weight is 885 g/mol. The van der Waals surface area contributed by atoms with Crippen LogP contribution in [0.4, 0.5) is 0 Å². The van der Waals surface area contributed by atoms with Gasteiger partial charge in [-0.2, -0.15) is 0 Å². The zero-order valence-corrected chi connectivity index (χ0v) is 39.2. The van der Waals surface area contributed by atoms with Crippen molar-refractivity contribution >= 4 is 5.97 Å². The smallest absolute Gasteiger partial charge is 0.338 e. The second-order valence-corrected chi connectivity index (χ2v) is 16.2. The molecule has 0 saturated carbocycles. The fraction of sp³-hybridized carbons (Fsp3) is 0.528. The van der Waals surface area contributed by atoms with Crippen LogP contribution in [0, 0.1) is 0 Å². The number of rotatable bonds is 30. The van der Waals surface area contributed by atoms with Crippen molar-refractivity contribution in [1.29, 1.82) is 0 Å². The summed E-state index contributed by atoms with van der Waals surface area (Å²) in [6, 6.07) is 20.3. The van der Waals surface area contributed by atoms with Gasteiger partial charge in [-0.15, -0.1) is 0 Å². The molecule has 1 aliphatic heterocycles. The molecule has 4 aromatic carbocycles. The number of carbonyl (C=O) groups excluding carboxylic acids is 1. The number of unbranched alkanes of at least 4 members (excludes halogenated alkanes) is 6. The zero-order valence-electron chi connectivity index (χ0n) is 39.2. The Kier molecular flexibility index (Phi) is 20.9. The first-order chi connectivity index (χ1) is 31.3. The summed E-state index contributed by atoms with van der Waals surface area (Å²) in [6.45, 7) is 15.7. The highest BCUT2D eigenvalue weighted by atomic mass is 16.6. The number of phenolic OH excluding ortho intramolecular Hbond substituents is 1. The molecule has 64 heavy (non-hydrogen) atoms. The topological polar surface area (TPSA) is 120 Å². The largest absolute Gasteiger partial charge is 0.502 e. The van der Waals surface area contributed by atoms with Gasteiger partial charge in [0.05, 0.1) is 45.2 Å². The van der Waals surface area contributed by atoms with E-state index in [4.69, 9.17) is 42.6 Å². The number of aromatic hydroxyl groups is 1. The fourth-order valence-corrected chi connectivity index (χ4v) is 6.96. The van der Waals surface area contributed by atoms with Crippen LogP contribution >= 0.6 is 0 Å². The van der Waals surface area contributed by atoms with Crippen LogP contribution in [0.2, 0.25) is 0 Å². The third-order valence-corrected chi connectivity index (χ3v) is 10.8. The lowest BCUT2D eigenvalue weighted by Crippen LogP contribution is -2.35. The van der Waals surface area contributed by atoms with Gasteiger partial charge in [-0.25, -0.2) is 4.79 Å². The van der Waals surface area contributed by atoms with E-state index in [1.165, 1.54) is 12.1 Å². The molecule has 0 bridgehead atoms. The number of esters is 1. The molecule has 5 rings (SSSR count). The molecule has 0 saturated heterocycles. The molecule has 4 aromatic rings. The first-order valence-corrected chi connectivity index (χ1v) is 23.9. The first-order valence-electron chi connectivity index (χ1n) is 23.9. The van der Waals surface area contributed by atoms with Gasteiger partial charge in [0.2, 0.25) is 11.5 Å². The van der Waals surface area contributed by atoms with Gasteiger partial charge in [0.1, 0.15) is 30.0 Å². The van der Waals surface area contributed by atoms with Crippen LogP contribution in [0.15, 0.2) is 66.7 Å². The number of hydrogen-bond donors (Lipinski definition) is 1. The first kappa shape index (κ1) is 49.6. The van der Waals surface area contributed by atoms with Crippen molar-refractivity contribution in [2.75, 3.05) is 39.6 Å². The van der Waals surface area contributed by atoms with Crippen molar-refractivity contribution in [2.45, 2.75) is 144 Å². The lowest BCUT2D eigenvalue weighted by Gasteiger charge is -2.35. The molecule has 0 spiro atoms. The molecule has 11 nitrogen and oxygen atoms in total. The van der Waals surface area contributed by atoms with Gasteiger partial charge in [0, 0.05) is 29.7 Å². The van der Waals surface area contributed by atoms with Gasteiger partial charge in [-0.05, 0) is 68.4 Å². The SMILES string of the molecule is CCCCOc1cc(OCCCC)c2c(c1)O[C@H](c1cc(OCCCC)c(OCCCC)c(OCCCC)c1)[C@H](OC(=O)c1cc(OCCCC)c(O)c(OCc3ccccc3)c1)C2. The molecular formula is C53H72O11. The Labute approximate surface area is 381 Å². The molecule has 0 aliphatic carbocycles. The Morgan fingerprint density at radius 3 is 1.64 bits per heavy atom. The molecule has 0 aromatic heterocycles. The predicted molar refractivity (Wildman–Crippen MR) is 250 cm³/mol. The van der Waals surface area contributed by atoms with Gasteiger partial charge < -0.3 is 47.7 Å². The summed E-state index contributed by atoms with van der Waals surface area (Å²) in [5.74, 6) is 2.89. The van der Waals surface area contributed by atoms with E-state index < -0.39 is 18.2 Å². The maximum atomic E-state index is 14.6. The van der Waals surface area contributed by atoms with Gasteiger partial charge >= 0.3 is 5.97 Å². The Morgan fingerprint density at radius 1 is 0.578 bits per heavy atom. The van der Waals surface area contributed by atoms with Gasteiger partial charge in [-0.1, -0.05) is 110 Å². The second kappa shape index (κ2) is 27.0. The van der Waals surface area contributed by atoms with E-state index in [1.807, 2.05) is 54.6 Å². The molecule has 0 amide bonds. The normalized spacial score (nSPS) is 14.2. The summed E-state index contributed by atoms with van der Waals surface area (Å²) in [6.07, 6.45) is 9.45. The quantitative estimate of drug-likeness (QED) is 0.0398. The van der Waals surface area contributed by atoms with Crippen LogP contribution in [-0.4, -0.2) is 56.8 Å². The highest BCUT2D eigenvalue weighted by Gasteiger charge is 2.38. The van der Waals surface area contributed by atoms with Gasteiger partial charge in [0.25, 0.3) is 0 Å². The number of phenols is 1. The standard InChI is InChI=1S/C53H72O11/c1-7-13-24-56-41-34-43(57-25-14-8-2)42-36-49(64-53(55)40-32-45(58-26-15-9-3)50(54)46(33-40)62-37-38-22-20-19-21-23-38)51(63-44(42)35-41)39-30-47(59-27-16-10-4)52(61-29-18-12-6)48(31-39)60-28-17-11-5/h19-23,30-35,49,51,54H,7-18,24-29,36-37H2,1-6H3/t49-,51-/m1/s1. The Morgan fingerprint density at radius 2 is 1.08 bits per heavy atom. The Hall–Kier alpha value is -5.45. The monoisotopic (exact) mass is 885 g/mol. The molecular weight excluding hydrogens is 813 g/mol. The van der Waals surface area contributed by atoms with E-state index in [2.05, 4.69) is 41.5 Å². The number of hydrogen-bond acceptors (Lipinski definition) is 11. The Balaban J connectivity index is 1.62. The third-order valence-electron chi connectivity index (χ3n) is 10.8. The van der Waals surface area contributed by atoms with Crippen LogP contribution in [0.5, 0.6) is 51.7 Å². The van der Waals surface area contributed by atoms with E-state index in [9.17, 15) is 9.90 Å². The summed E-state index contributed by atoms with van der Waals surface area (Å²) >= 11 is 0. The summed E-state index contributed by atoms with van der Waals surface area (Å²) < 4.78 is 57.7. The lowest BCUT2D eigenvalue weighted by atomic mass is 9.93. The third kappa shape index (κ3) is 14.5. The van der Waals surface area contributed by atoms with Crippen molar-refractivity contribution in [3.8, 4) is 51.7 Å². The molecule has 0 fully saturated rings. The highest BCUT2D eigenvalue weighted by Crippen LogP contribution is 2.48. The van der Waals surface area contributed by atoms with Gasteiger partial charge in [0.15, 0.2) is 29.1 Å². The molecule has 1 aliphatic rings. The van der Waals surface area contributed by atoms with Crippen molar-refractivity contribution in [3.05, 3.63) is 89.0 Å². The molecule has 1 N–H and O–H groups in total. The molecule has 11 heteroatoms. The summed E-state index contributed by atoms with van der Waals surface area (Å²) in [4.78, 5) is 14.6. The second-order valence-electron chi connectivity index (χ2n) is 16.2. The minimum absolute atomic E-state index is 0.107.